The van der Waals surface area contributed by atoms with Crippen molar-refractivity contribution in [3.63, 3.8) is 0 Å². The van der Waals surface area contributed by atoms with Gasteiger partial charge in [0.15, 0.2) is 6.20 Å². The van der Waals surface area contributed by atoms with Gasteiger partial charge in [0, 0.05) is 23.5 Å². The van der Waals surface area contributed by atoms with E-state index in [4.69, 9.17) is 10.1 Å². The number of hydrogen-bond acceptors (Lipinski definition) is 7. The van der Waals surface area contributed by atoms with Gasteiger partial charge in [0.05, 0.1) is 17.7 Å². The number of amidine groups is 1. The van der Waals surface area contributed by atoms with Crippen LogP contribution in [0.4, 0.5) is 11.4 Å². The highest BCUT2D eigenvalue weighted by molar-refractivity contribution is 6.30. The third-order valence-electron chi connectivity index (χ3n) is 7.62. The fraction of sp³-hybridized carbons (Fsp3) is 0.478. The summed E-state index contributed by atoms with van der Waals surface area (Å²) in [5.74, 6) is 1.28. The predicted molar refractivity (Wildman–Crippen MR) is 125 cm³/mol. The molecule has 5 aliphatic rings. The zero-order valence-corrected chi connectivity index (χ0v) is 18.7. The van der Waals surface area contributed by atoms with Crippen LogP contribution in [0.1, 0.15) is 45.1 Å². The van der Waals surface area contributed by atoms with Crippen molar-refractivity contribution in [2.75, 3.05) is 17.7 Å². The minimum atomic E-state index is -0.520. The lowest BCUT2D eigenvalue weighted by molar-refractivity contribution is -0.843. The van der Waals surface area contributed by atoms with Crippen molar-refractivity contribution < 1.29 is 9.50 Å². The monoisotopic (exact) mass is 433 g/mol. The number of anilines is 2. The Bertz CT molecular complexity index is 1100. The molecule has 4 atom stereocenters. The molecule has 0 saturated carbocycles. The Kier molecular flexibility index (Phi) is 4.21. The maximum Gasteiger partial charge on any atom is 0.301 e. The number of guanidine groups is 1. The van der Waals surface area contributed by atoms with E-state index in [1.807, 2.05) is 38.2 Å². The summed E-state index contributed by atoms with van der Waals surface area (Å²) in [4.78, 5) is 23.8. The van der Waals surface area contributed by atoms with Crippen LogP contribution in [0.25, 0.3) is 0 Å². The van der Waals surface area contributed by atoms with Crippen molar-refractivity contribution in [1.29, 1.82) is 0 Å². The Morgan fingerprint density at radius 3 is 2.78 bits per heavy atom. The predicted octanol–water partition coefficient (Wildman–Crippen LogP) is 2.51. The number of fused-ring (bicyclic) bond motifs is 4. The van der Waals surface area contributed by atoms with Crippen molar-refractivity contribution >= 4 is 35.3 Å². The summed E-state index contributed by atoms with van der Waals surface area (Å²) in [5.41, 5.74) is 5.89. The minimum absolute atomic E-state index is 0.0161. The maximum absolute atomic E-state index is 12.3. The third-order valence-corrected chi connectivity index (χ3v) is 7.62. The van der Waals surface area contributed by atoms with Gasteiger partial charge in [0.1, 0.15) is 6.21 Å². The quantitative estimate of drug-likeness (QED) is 0.639. The summed E-state index contributed by atoms with van der Waals surface area (Å²) in [6, 6.07) is 7.55. The normalized spacial score (nSPS) is 34.1. The van der Waals surface area contributed by atoms with Crippen LogP contribution in [0.2, 0.25) is 0 Å². The molecule has 3 N–H and O–H groups in total. The number of piperidine rings is 1. The highest BCUT2D eigenvalue weighted by Gasteiger charge is 2.47. The molecule has 2 bridgehead atoms. The molecule has 166 valence electrons. The van der Waals surface area contributed by atoms with Crippen molar-refractivity contribution in [2.45, 2.75) is 63.1 Å². The van der Waals surface area contributed by atoms with Crippen LogP contribution < -0.4 is 16.1 Å². The average Bonchev–Trinajstić information content (AvgIpc) is 3.27. The van der Waals surface area contributed by atoms with Gasteiger partial charge in [-0.1, -0.05) is 6.07 Å². The van der Waals surface area contributed by atoms with Gasteiger partial charge in [0.25, 0.3) is 5.96 Å². The fourth-order valence-corrected chi connectivity index (χ4v) is 5.67. The number of carbonyl (C=O) groups excluding carboxylic acids is 1. The maximum atomic E-state index is 12.3. The number of hydrogen-bond donors (Lipinski definition) is 3. The molecule has 6 rings (SSSR count). The summed E-state index contributed by atoms with van der Waals surface area (Å²) >= 11 is 0. The first-order valence-corrected chi connectivity index (χ1v) is 11.4. The van der Waals surface area contributed by atoms with E-state index in [0.29, 0.717) is 24.1 Å². The molecule has 9 heteroatoms. The van der Waals surface area contributed by atoms with Gasteiger partial charge in [-0.3, -0.25) is 9.79 Å². The van der Waals surface area contributed by atoms with Gasteiger partial charge < -0.3 is 15.5 Å². The van der Waals surface area contributed by atoms with Gasteiger partial charge in [-0.05, 0) is 74.1 Å². The van der Waals surface area contributed by atoms with E-state index in [0.717, 1.165) is 35.6 Å². The number of nitrogens with zero attached hydrogens (tertiary/aromatic N) is 5. The molecule has 0 radical (unpaired) electrons. The van der Waals surface area contributed by atoms with Gasteiger partial charge in [-0.2, -0.15) is 0 Å². The van der Waals surface area contributed by atoms with Crippen LogP contribution in [0.5, 0.6) is 0 Å². The second-order valence-corrected chi connectivity index (χ2v) is 9.97. The Hall–Kier alpha value is -2.88. The molecule has 9 nitrogen and oxygen atoms in total. The van der Waals surface area contributed by atoms with Crippen LogP contribution in [0.3, 0.4) is 0 Å². The molecule has 5 heterocycles. The molecule has 0 spiro atoms. The molecule has 2 saturated heterocycles. The second-order valence-electron chi connectivity index (χ2n) is 9.97. The second kappa shape index (κ2) is 6.81. The zero-order valence-electron chi connectivity index (χ0n) is 18.7. The smallest absolute Gasteiger partial charge is 0.301 e. The molecule has 0 aromatic heterocycles. The molecule has 1 unspecified atom stereocenters. The number of carbonyl (C=O) groups is 1. The number of rotatable bonds is 3. The van der Waals surface area contributed by atoms with Crippen molar-refractivity contribution in [3.8, 4) is 0 Å². The summed E-state index contributed by atoms with van der Waals surface area (Å²) < 4.78 is 0.133. The number of amides is 1. The third kappa shape index (κ3) is 2.96. The van der Waals surface area contributed by atoms with E-state index in [-0.39, 0.29) is 10.6 Å². The van der Waals surface area contributed by atoms with Crippen molar-refractivity contribution in [3.05, 3.63) is 36.2 Å². The largest absolute Gasteiger partial charge is 0.325 e. The molecule has 1 aromatic carbocycles. The van der Waals surface area contributed by atoms with Crippen LogP contribution in [0.15, 0.2) is 45.7 Å². The number of nitrogens with one attached hydrogen (secondary N) is 3. The summed E-state index contributed by atoms with van der Waals surface area (Å²) in [6.07, 6.45) is 10.3. The zero-order chi connectivity index (χ0) is 22.1. The molecular weight excluding hydrogens is 404 g/mol. The van der Waals surface area contributed by atoms with Gasteiger partial charge in [-0.15, -0.1) is 10.4 Å². The van der Waals surface area contributed by atoms with E-state index < -0.39 is 5.41 Å². The first-order valence-electron chi connectivity index (χ1n) is 11.4. The number of quaternary nitrogens is 1. The summed E-state index contributed by atoms with van der Waals surface area (Å²) in [7, 11) is 2.25. The molecule has 0 aliphatic carbocycles. The van der Waals surface area contributed by atoms with Gasteiger partial charge in [0.2, 0.25) is 5.91 Å². The lowest BCUT2D eigenvalue weighted by Crippen LogP contribution is -2.60. The molecular formula is C23H29N8O+. The Morgan fingerprint density at radius 2 is 2.00 bits per heavy atom. The topological polar surface area (TPSA) is 93.5 Å². The molecule has 2 fully saturated rings. The van der Waals surface area contributed by atoms with Crippen LogP contribution in [0, 0.1) is 0 Å². The van der Waals surface area contributed by atoms with E-state index in [2.05, 4.69) is 33.0 Å². The lowest BCUT2D eigenvalue weighted by Gasteiger charge is -2.38. The SMILES string of the molecule is CN1[C@@H]2CC[C@H]1C[C@H](N[N+]13C=CN=CC1=NC(Nc1ccc4c(c1)NC(=O)C4(C)C)=N3)C2. The number of benzene rings is 1. The highest BCUT2D eigenvalue weighted by Crippen LogP contribution is 2.39. The van der Waals surface area contributed by atoms with Gasteiger partial charge >= 0.3 is 5.84 Å². The lowest BCUT2D eigenvalue weighted by atomic mass is 9.86. The van der Waals surface area contributed by atoms with Gasteiger partial charge in [-0.25, -0.2) is 0 Å². The fourth-order valence-electron chi connectivity index (χ4n) is 5.67. The average molecular weight is 434 g/mol. The van der Waals surface area contributed by atoms with E-state index in [9.17, 15) is 4.79 Å². The van der Waals surface area contributed by atoms with Crippen LogP contribution >= 0.6 is 0 Å². The van der Waals surface area contributed by atoms with E-state index >= 15 is 0 Å². The first kappa shape index (κ1) is 19.8. The minimum Gasteiger partial charge on any atom is -0.325 e. The standard InChI is InChI=1S/C23H28N8O/c1-23(2)18-7-4-14(12-19(18)26-21(23)32)25-22-27-20-13-24-8-9-31(20,29-22)28-15-10-16-5-6-17(11-15)30(16)3/h4,7-9,12-13,15-17,28H,5-6,10-11H2,1-3H3,(H-,25,26,29,32)/p+1/t15-,16-,17+,31?. The number of aliphatic imine (C=N–C) groups is 2. The summed E-state index contributed by atoms with van der Waals surface area (Å²) in [5, 5.41) is 11.2. The first-order chi connectivity index (χ1) is 15.3. The van der Waals surface area contributed by atoms with Crippen molar-refractivity contribution in [1.82, 2.24) is 10.3 Å². The van der Waals surface area contributed by atoms with Crippen LogP contribution in [-0.2, 0) is 10.2 Å². The molecule has 1 aromatic rings. The Labute approximate surface area is 187 Å². The molecule has 32 heavy (non-hydrogen) atoms. The van der Waals surface area contributed by atoms with E-state index in [1.165, 1.54) is 12.8 Å². The Morgan fingerprint density at radius 1 is 1.22 bits per heavy atom. The van der Waals surface area contributed by atoms with Crippen molar-refractivity contribution in [2.24, 2.45) is 15.1 Å². The molecule has 5 aliphatic heterocycles. The van der Waals surface area contributed by atoms with E-state index in [1.54, 1.807) is 12.4 Å². The Balaban J connectivity index is 1.24. The highest BCUT2D eigenvalue weighted by atomic mass is 16.2. The van der Waals surface area contributed by atoms with Crippen LogP contribution in [-0.4, -0.2) is 58.7 Å². The molecule has 1 amide bonds. The summed E-state index contributed by atoms with van der Waals surface area (Å²) in [6.45, 7) is 3.87.